The van der Waals surface area contributed by atoms with Crippen molar-refractivity contribution in [3.63, 3.8) is 0 Å². The van der Waals surface area contributed by atoms with Gasteiger partial charge in [0.05, 0.1) is 17.1 Å². The van der Waals surface area contributed by atoms with E-state index in [0.717, 1.165) is 59.8 Å². The van der Waals surface area contributed by atoms with Crippen molar-refractivity contribution in [2.45, 2.75) is 32.1 Å². The van der Waals surface area contributed by atoms with Crippen molar-refractivity contribution < 1.29 is 4.79 Å². The Morgan fingerprint density at radius 2 is 2.00 bits per heavy atom. The van der Waals surface area contributed by atoms with E-state index < -0.39 is 0 Å². The Bertz CT molecular complexity index is 813. The van der Waals surface area contributed by atoms with Crippen molar-refractivity contribution in [2.75, 3.05) is 13.1 Å². The van der Waals surface area contributed by atoms with Crippen LogP contribution in [0.1, 0.15) is 40.9 Å². The summed E-state index contributed by atoms with van der Waals surface area (Å²) in [6.07, 6.45) is 4.57. The molecule has 2 heterocycles. The molecule has 2 aromatic rings. The molecule has 1 saturated heterocycles. The van der Waals surface area contributed by atoms with Gasteiger partial charge in [-0.15, -0.1) is 0 Å². The number of aryl methyl sites for hydroxylation is 1. The molecule has 116 valence electrons. The van der Waals surface area contributed by atoms with Crippen molar-refractivity contribution in [3.8, 4) is 6.07 Å². The third-order valence-corrected chi connectivity index (χ3v) is 5.10. The number of hydrogen-bond acceptors (Lipinski definition) is 3. The van der Waals surface area contributed by atoms with Crippen molar-refractivity contribution in [1.82, 2.24) is 9.88 Å². The molecule has 1 amide bonds. The second-order valence-corrected chi connectivity index (χ2v) is 6.48. The number of benzene rings is 1. The SMILES string of the molecule is N#CC1CCN(C(=O)c2c3c(nc4ccccc24)CCC3)CC1. The molecule has 1 aliphatic carbocycles. The van der Waals surface area contributed by atoms with Crippen LogP contribution < -0.4 is 0 Å². The Kier molecular flexibility index (Phi) is 3.49. The number of piperidine rings is 1. The smallest absolute Gasteiger partial charge is 0.254 e. The molecule has 0 radical (unpaired) electrons. The molecule has 0 spiro atoms. The average molecular weight is 305 g/mol. The first kappa shape index (κ1) is 14.2. The monoisotopic (exact) mass is 305 g/mol. The number of aromatic nitrogens is 1. The lowest BCUT2D eigenvalue weighted by Gasteiger charge is -2.30. The largest absolute Gasteiger partial charge is 0.339 e. The van der Waals surface area contributed by atoms with Gasteiger partial charge in [0.15, 0.2) is 0 Å². The molecular weight excluding hydrogens is 286 g/mol. The molecule has 4 nitrogen and oxygen atoms in total. The lowest BCUT2D eigenvalue weighted by molar-refractivity contribution is 0.0708. The third-order valence-electron chi connectivity index (χ3n) is 5.10. The Morgan fingerprint density at radius 3 is 2.78 bits per heavy atom. The molecule has 1 fully saturated rings. The van der Waals surface area contributed by atoms with Crippen molar-refractivity contribution in [1.29, 1.82) is 5.26 Å². The lowest BCUT2D eigenvalue weighted by atomic mass is 9.95. The topological polar surface area (TPSA) is 57.0 Å². The van der Waals surface area contributed by atoms with Gasteiger partial charge in [0.25, 0.3) is 5.91 Å². The van der Waals surface area contributed by atoms with Gasteiger partial charge in [-0.05, 0) is 43.7 Å². The summed E-state index contributed by atoms with van der Waals surface area (Å²) in [5.74, 6) is 0.220. The average Bonchev–Trinajstić information content (AvgIpc) is 3.07. The third kappa shape index (κ3) is 2.37. The second-order valence-electron chi connectivity index (χ2n) is 6.48. The molecule has 1 aromatic carbocycles. The van der Waals surface area contributed by atoms with Crippen LogP contribution in [0.5, 0.6) is 0 Å². The maximum atomic E-state index is 13.2. The van der Waals surface area contributed by atoms with E-state index in [9.17, 15) is 4.79 Å². The zero-order valence-corrected chi connectivity index (χ0v) is 13.1. The fourth-order valence-corrected chi connectivity index (χ4v) is 3.83. The normalized spacial score (nSPS) is 18.0. The van der Waals surface area contributed by atoms with Crippen LogP contribution in [-0.4, -0.2) is 28.9 Å². The molecule has 1 aromatic heterocycles. The maximum absolute atomic E-state index is 13.2. The van der Waals surface area contributed by atoms with E-state index in [2.05, 4.69) is 6.07 Å². The highest BCUT2D eigenvalue weighted by atomic mass is 16.2. The van der Waals surface area contributed by atoms with Gasteiger partial charge in [-0.3, -0.25) is 9.78 Å². The summed E-state index contributed by atoms with van der Waals surface area (Å²) >= 11 is 0. The molecule has 23 heavy (non-hydrogen) atoms. The summed E-state index contributed by atoms with van der Waals surface area (Å²) in [6.45, 7) is 1.37. The quantitative estimate of drug-likeness (QED) is 0.813. The summed E-state index contributed by atoms with van der Waals surface area (Å²) in [7, 11) is 0. The predicted octanol–water partition coefficient (Wildman–Crippen LogP) is 3.10. The van der Waals surface area contributed by atoms with Gasteiger partial charge >= 0.3 is 0 Å². The highest BCUT2D eigenvalue weighted by Crippen LogP contribution is 2.31. The van der Waals surface area contributed by atoms with Crippen LogP contribution >= 0.6 is 0 Å². The molecule has 0 saturated carbocycles. The van der Waals surface area contributed by atoms with E-state index in [1.165, 1.54) is 0 Å². The Morgan fingerprint density at radius 1 is 1.22 bits per heavy atom. The van der Waals surface area contributed by atoms with Gasteiger partial charge in [-0.1, -0.05) is 18.2 Å². The standard InChI is InChI=1S/C19H19N3O/c20-12-13-8-10-22(11-9-13)19(23)18-14-4-1-2-6-16(14)21-17-7-3-5-15(17)18/h1-2,4,6,13H,3,5,7-11H2. The van der Waals surface area contributed by atoms with Crippen LogP contribution in [0.2, 0.25) is 0 Å². The first-order valence-corrected chi connectivity index (χ1v) is 8.37. The number of rotatable bonds is 1. The summed E-state index contributed by atoms with van der Waals surface area (Å²) < 4.78 is 0. The van der Waals surface area contributed by atoms with Crippen molar-refractivity contribution >= 4 is 16.8 Å². The molecule has 0 N–H and O–H groups in total. The van der Waals surface area contributed by atoms with Crippen LogP contribution in [0.15, 0.2) is 24.3 Å². The number of fused-ring (bicyclic) bond motifs is 2. The number of nitrogens with zero attached hydrogens (tertiary/aromatic N) is 3. The van der Waals surface area contributed by atoms with Crippen LogP contribution in [0, 0.1) is 17.2 Å². The Balaban J connectivity index is 1.76. The van der Waals surface area contributed by atoms with E-state index in [4.69, 9.17) is 10.2 Å². The van der Waals surface area contributed by atoms with E-state index in [0.29, 0.717) is 13.1 Å². The summed E-state index contributed by atoms with van der Waals surface area (Å²) in [5.41, 5.74) is 4.02. The number of likely N-dealkylation sites (tertiary alicyclic amines) is 1. The van der Waals surface area contributed by atoms with E-state index in [1.54, 1.807) is 0 Å². The Hall–Kier alpha value is -2.41. The number of nitriles is 1. The predicted molar refractivity (Wildman–Crippen MR) is 88.0 cm³/mol. The van der Waals surface area contributed by atoms with Crippen molar-refractivity contribution in [3.05, 3.63) is 41.1 Å². The molecule has 2 aliphatic rings. The van der Waals surface area contributed by atoms with Crippen LogP contribution in [-0.2, 0) is 12.8 Å². The number of amides is 1. The highest BCUT2D eigenvalue weighted by molar-refractivity contribution is 6.07. The fourth-order valence-electron chi connectivity index (χ4n) is 3.83. The van der Waals surface area contributed by atoms with E-state index in [-0.39, 0.29) is 11.8 Å². The molecule has 0 unspecified atom stereocenters. The molecule has 1 aliphatic heterocycles. The minimum Gasteiger partial charge on any atom is -0.339 e. The van der Waals surface area contributed by atoms with E-state index in [1.807, 2.05) is 29.2 Å². The number of para-hydroxylation sites is 1. The molecule has 0 atom stereocenters. The van der Waals surface area contributed by atoms with E-state index >= 15 is 0 Å². The zero-order valence-electron chi connectivity index (χ0n) is 13.1. The maximum Gasteiger partial charge on any atom is 0.254 e. The number of hydrogen-bond donors (Lipinski definition) is 0. The summed E-state index contributed by atoms with van der Waals surface area (Å²) in [6, 6.07) is 10.3. The number of carbonyl (C=O) groups is 1. The van der Waals surface area contributed by atoms with Gasteiger partial charge < -0.3 is 4.90 Å². The Labute approximate surface area is 135 Å². The van der Waals surface area contributed by atoms with Gasteiger partial charge in [0.2, 0.25) is 0 Å². The molecule has 0 bridgehead atoms. The van der Waals surface area contributed by atoms with Gasteiger partial charge in [0.1, 0.15) is 0 Å². The first-order chi connectivity index (χ1) is 11.3. The van der Waals surface area contributed by atoms with Gasteiger partial charge in [-0.25, -0.2) is 0 Å². The highest BCUT2D eigenvalue weighted by Gasteiger charge is 2.29. The molecule has 4 heteroatoms. The van der Waals surface area contributed by atoms with Gasteiger partial charge in [0, 0.05) is 30.1 Å². The fraction of sp³-hybridized carbons (Fsp3) is 0.421. The molecular formula is C19H19N3O. The van der Waals surface area contributed by atoms with Crippen LogP contribution in [0.3, 0.4) is 0 Å². The minimum atomic E-state index is 0.0962. The lowest BCUT2D eigenvalue weighted by Crippen LogP contribution is -2.38. The van der Waals surface area contributed by atoms with Gasteiger partial charge in [-0.2, -0.15) is 5.26 Å². The second kappa shape index (κ2) is 5.66. The van der Waals surface area contributed by atoms with Crippen molar-refractivity contribution in [2.24, 2.45) is 5.92 Å². The first-order valence-electron chi connectivity index (χ1n) is 8.37. The number of carbonyl (C=O) groups excluding carboxylic acids is 1. The minimum absolute atomic E-state index is 0.0962. The number of pyridine rings is 1. The van der Waals surface area contributed by atoms with Crippen LogP contribution in [0.4, 0.5) is 0 Å². The summed E-state index contributed by atoms with van der Waals surface area (Å²) in [5, 5.41) is 10.0. The zero-order chi connectivity index (χ0) is 15.8. The van der Waals surface area contributed by atoms with Crippen LogP contribution in [0.25, 0.3) is 10.9 Å². The summed E-state index contributed by atoms with van der Waals surface area (Å²) in [4.78, 5) is 19.9. The molecule has 4 rings (SSSR count).